The third kappa shape index (κ3) is 2.21. The smallest absolute Gasteiger partial charge is 0.224 e. The number of hydrogen-bond donors (Lipinski definition) is 2. The standard InChI is InChI=1S/C12H18N6O/c1-7-5-18(6-12(2,3)19-7)10-8-4-14-17-9(8)15-11(13)16-10/h4,7H,5-6H2,1-3H3,(H3,13,14,15,16,17). The maximum Gasteiger partial charge on any atom is 0.224 e. The maximum absolute atomic E-state index is 5.91. The van der Waals surface area contributed by atoms with Crippen LogP contribution in [0.15, 0.2) is 6.20 Å². The first kappa shape index (κ1) is 12.2. The number of H-pyrrole nitrogens is 1. The number of hydrogen-bond acceptors (Lipinski definition) is 6. The zero-order chi connectivity index (χ0) is 13.6. The maximum atomic E-state index is 5.91. The third-order valence-corrected chi connectivity index (χ3v) is 3.18. The molecule has 3 N–H and O–H groups in total. The summed E-state index contributed by atoms with van der Waals surface area (Å²) in [5, 5.41) is 7.73. The molecule has 0 aromatic carbocycles. The molecular weight excluding hydrogens is 244 g/mol. The highest BCUT2D eigenvalue weighted by molar-refractivity contribution is 5.87. The third-order valence-electron chi connectivity index (χ3n) is 3.18. The van der Waals surface area contributed by atoms with Crippen molar-refractivity contribution in [1.29, 1.82) is 0 Å². The van der Waals surface area contributed by atoms with Gasteiger partial charge in [-0.2, -0.15) is 15.1 Å². The van der Waals surface area contributed by atoms with Gasteiger partial charge in [-0.25, -0.2) is 0 Å². The minimum atomic E-state index is -0.215. The van der Waals surface area contributed by atoms with E-state index in [0.717, 1.165) is 24.3 Å². The molecule has 0 aliphatic carbocycles. The molecule has 2 aromatic heterocycles. The highest BCUT2D eigenvalue weighted by Gasteiger charge is 2.33. The minimum absolute atomic E-state index is 0.141. The summed E-state index contributed by atoms with van der Waals surface area (Å²) in [5.74, 6) is 1.07. The van der Waals surface area contributed by atoms with E-state index in [1.54, 1.807) is 6.20 Å². The van der Waals surface area contributed by atoms with E-state index in [2.05, 4.69) is 45.8 Å². The average Bonchev–Trinajstić information content (AvgIpc) is 2.72. The molecule has 1 aliphatic heterocycles. The quantitative estimate of drug-likeness (QED) is 0.794. The molecule has 0 amide bonds. The topological polar surface area (TPSA) is 93.0 Å². The van der Waals surface area contributed by atoms with E-state index in [1.807, 2.05) is 0 Å². The number of ether oxygens (including phenoxy) is 1. The van der Waals surface area contributed by atoms with Gasteiger partial charge in [0.25, 0.3) is 0 Å². The fourth-order valence-electron chi connectivity index (χ4n) is 2.69. The number of nitrogens with zero attached hydrogens (tertiary/aromatic N) is 4. The van der Waals surface area contributed by atoms with Crippen molar-refractivity contribution in [3.05, 3.63) is 6.20 Å². The molecule has 0 saturated carbocycles. The zero-order valence-electron chi connectivity index (χ0n) is 11.3. The van der Waals surface area contributed by atoms with Gasteiger partial charge in [-0.1, -0.05) is 0 Å². The number of nitrogens with one attached hydrogen (secondary N) is 1. The van der Waals surface area contributed by atoms with Crippen molar-refractivity contribution in [2.75, 3.05) is 23.7 Å². The minimum Gasteiger partial charge on any atom is -0.369 e. The summed E-state index contributed by atoms with van der Waals surface area (Å²) in [6.07, 6.45) is 1.87. The first-order valence-corrected chi connectivity index (χ1v) is 6.34. The van der Waals surface area contributed by atoms with E-state index in [-0.39, 0.29) is 17.7 Å². The molecule has 1 aliphatic rings. The molecule has 1 saturated heterocycles. The van der Waals surface area contributed by atoms with Crippen molar-refractivity contribution >= 4 is 22.8 Å². The van der Waals surface area contributed by atoms with Crippen LogP contribution in [0.4, 0.5) is 11.8 Å². The molecule has 1 fully saturated rings. The molecule has 2 aromatic rings. The Kier molecular flexibility index (Phi) is 2.60. The van der Waals surface area contributed by atoms with Gasteiger partial charge in [0.1, 0.15) is 5.82 Å². The molecule has 19 heavy (non-hydrogen) atoms. The molecule has 7 nitrogen and oxygen atoms in total. The van der Waals surface area contributed by atoms with Gasteiger partial charge in [0.15, 0.2) is 5.65 Å². The average molecular weight is 262 g/mol. The SMILES string of the molecule is CC1CN(c2nc(N)nc3[nH]ncc23)CC(C)(C)O1. The first-order valence-electron chi connectivity index (χ1n) is 6.34. The van der Waals surface area contributed by atoms with Crippen molar-refractivity contribution in [2.45, 2.75) is 32.5 Å². The van der Waals surface area contributed by atoms with Crippen molar-refractivity contribution in [3.63, 3.8) is 0 Å². The summed E-state index contributed by atoms with van der Waals surface area (Å²) in [6, 6.07) is 0. The Bertz CT molecular complexity index is 607. The van der Waals surface area contributed by atoms with E-state index in [9.17, 15) is 0 Å². The molecular formula is C12H18N6O. The van der Waals surface area contributed by atoms with Crippen LogP contribution in [0.3, 0.4) is 0 Å². The predicted octanol–water partition coefficient (Wildman–Crippen LogP) is 0.939. The van der Waals surface area contributed by atoms with Crippen LogP contribution in [0.5, 0.6) is 0 Å². The number of nitrogens with two attached hydrogens (primary N) is 1. The number of aromatic nitrogens is 4. The number of nitrogen functional groups attached to an aromatic ring is 1. The monoisotopic (exact) mass is 262 g/mol. The van der Waals surface area contributed by atoms with Gasteiger partial charge >= 0.3 is 0 Å². The van der Waals surface area contributed by atoms with E-state index < -0.39 is 0 Å². The van der Waals surface area contributed by atoms with Gasteiger partial charge in [0, 0.05) is 13.1 Å². The van der Waals surface area contributed by atoms with Crippen molar-refractivity contribution in [2.24, 2.45) is 0 Å². The Hall–Kier alpha value is -1.89. The molecule has 1 atom stereocenters. The Morgan fingerprint density at radius 3 is 3.00 bits per heavy atom. The summed E-state index contributed by atoms with van der Waals surface area (Å²) < 4.78 is 5.91. The fraction of sp³-hybridized carbons (Fsp3) is 0.583. The number of aromatic amines is 1. The van der Waals surface area contributed by atoms with Crippen LogP contribution < -0.4 is 10.6 Å². The zero-order valence-corrected chi connectivity index (χ0v) is 11.3. The van der Waals surface area contributed by atoms with E-state index >= 15 is 0 Å². The number of anilines is 2. The molecule has 3 rings (SSSR count). The summed E-state index contributed by atoms with van der Waals surface area (Å²) in [5.41, 5.74) is 6.22. The van der Waals surface area contributed by atoms with Crippen molar-refractivity contribution in [3.8, 4) is 0 Å². The molecule has 3 heterocycles. The molecule has 0 bridgehead atoms. The van der Waals surface area contributed by atoms with Gasteiger partial charge < -0.3 is 15.4 Å². The Morgan fingerprint density at radius 2 is 2.26 bits per heavy atom. The number of morpholine rings is 1. The lowest BCUT2D eigenvalue weighted by Crippen LogP contribution is -2.52. The molecule has 0 radical (unpaired) electrons. The first-order chi connectivity index (χ1) is 8.94. The van der Waals surface area contributed by atoms with E-state index in [0.29, 0.717) is 5.65 Å². The Morgan fingerprint density at radius 1 is 1.47 bits per heavy atom. The highest BCUT2D eigenvalue weighted by Crippen LogP contribution is 2.29. The Balaban J connectivity index is 2.06. The van der Waals surface area contributed by atoms with E-state index in [1.165, 1.54) is 0 Å². The Labute approximate surface area is 111 Å². The molecule has 7 heteroatoms. The van der Waals surface area contributed by atoms with Gasteiger partial charge in [0.2, 0.25) is 5.95 Å². The molecule has 102 valence electrons. The van der Waals surface area contributed by atoms with Crippen LogP contribution in [0.2, 0.25) is 0 Å². The van der Waals surface area contributed by atoms with Crippen molar-refractivity contribution in [1.82, 2.24) is 20.2 Å². The second-order valence-corrected chi connectivity index (χ2v) is 5.61. The van der Waals surface area contributed by atoms with Crippen LogP contribution in [0, 0.1) is 0 Å². The number of rotatable bonds is 1. The summed E-state index contributed by atoms with van der Waals surface area (Å²) in [7, 11) is 0. The second-order valence-electron chi connectivity index (χ2n) is 5.61. The number of fused-ring (bicyclic) bond motifs is 1. The van der Waals surface area contributed by atoms with Crippen LogP contribution >= 0.6 is 0 Å². The van der Waals surface area contributed by atoms with Gasteiger partial charge in [-0.15, -0.1) is 0 Å². The predicted molar refractivity (Wildman–Crippen MR) is 72.9 cm³/mol. The summed E-state index contributed by atoms with van der Waals surface area (Å²) in [4.78, 5) is 10.7. The highest BCUT2D eigenvalue weighted by atomic mass is 16.5. The van der Waals surface area contributed by atoms with Crippen LogP contribution in [0.25, 0.3) is 11.0 Å². The lowest BCUT2D eigenvalue weighted by Gasteiger charge is -2.42. The molecule has 0 spiro atoms. The van der Waals surface area contributed by atoms with E-state index in [4.69, 9.17) is 10.5 Å². The molecule has 1 unspecified atom stereocenters. The lowest BCUT2D eigenvalue weighted by molar-refractivity contribution is -0.0750. The normalized spacial score (nSPS) is 22.9. The summed E-state index contributed by atoms with van der Waals surface area (Å²) in [6.45, 7) is 7.75. The van der Waals surface area contributed by atoms with Crippen LogP contribution in [-0.2, 0) is 4.74 Å². The van der Waals surface area contributed by atoms with Crippen LogP contribution in [-0.4, -0.2) is 45.0 Å². The van der Waals surface area contributed by atoms with Crippen LogP contribution in [0.1, 0.15) is 20.8 Å². The summed E-state index contributed by atoms with van der Waals surface area (Å²) >= 11 is 0. The van der Waals surface area contributed by atoms with Gasteiger partial charge in [-0.05, 0) is 20.8 Å². The fourth-order valence-corrected chi connectivity index (χ4v) is 2.69. The largest absolute Gasteiger partial charge is 0.369 e. The van der Waals surface area contributed by atoms with Crippen molar-refractivity contribution < 1.29 is 4.74 Å². The van der Waals surface area contributed by atoms with Gasteiger partial charge in [-0.3, -0.25) is 5.10 Å². The second kappa shape index (κ2) is 4.06. The van der Waals surface area contributed by atoms with Gasteiger partial charge in [0.05, 0.1) is 23.3 Å². The lowest BCUT2D eigenvalue weighted by atomic mass is 10.1.